The van der Waals surface area contributed by atoms with Crippen molar-refractivity contribution in [2.24, 2.45) is 11.3 Å². The lowest BCUT2D eigenvalue weighted by Gasteiger charge is -2.37. The topological polar surface area (TPSA) is 98.9 Å². The maximum atomic E-state index is 17.1. The van der Waals surface area contributed by atoms with Crippen LogP contribution in [0.4, 0.5) is 33.5 Å². The number of alkyl halides is 1. The fourth-order valence-corrected chi connectivity index (χ4v) is 8.71. The molecule has 14 heteroatoms. The van der Waals surface area contributed by atoms with Crippen molar-refractivity contribution in [1.29, 1.82) is 0 Å². The first-order valence-electron chi connectivity index (χ1n) is 17.7. The molecular weight excluding hydrogens is 647 g/mol. The summed E-state index contributed by atoms with van der Waals surface area (Å²) in [7, 11) is -3.30. The highest BCUT2D eigenvalue weighted by atomic mass is 19.2. The molecule has 0 unspecified atom stereocenters. The third-order valence-corrected chi connectivity index (χ3v) is 11.4. The molecule has 256 valence electrons. The summed E-state index contributed by atoms with van der Waals surface area (Å²) in [5, 5.41) is -1.18. The third-order valence-electron chi connectivity index (χ3n) is 11.4. The van der Waals surface area contributed by atoms with E-state index in [9.17, 15) is 4.39 Å². The molecule has 1 spiro atoms. The molecule has 49 heavy (non-hydrogen) atoms. The molecule has 4 atom stereocenters. The van der Waals surface area contributed by atoms with Gasteiger partial charge in [-0.2, -0.15) is 14.4 Å². The van der Waals surface area contributed by atoms with Gasteiger partial charge in [0.1, 0.15) is 29.8 Å². The summed E-state index contributed by atoms with van der Waals surface area (Å²) in [5.41, 5.74) is 5.46. The normalized spacial score (nSPS) is 28.3. The minimum absolute atomic E-state index is 0.0755. The summed E-state index contributed by atoms with van der Waals surface area (Å²) in [6.45, 7) is 6.80. The molecule has 2 aromatic carbocycles. The quantitative estimate of drug-likeness (QED) is 0.118. The Morgan fingerprint density at radius 1 is 1.08 bits per heavy atom. The number of pyridine rings is 1. The van der Waals surface area contributed by atoms with Crippen LogP contribution in [0.25, 0.3) is 32.9 Å². The molecule has 2 saturated carbocycles. The van der Waals surface area contributed by atoms with Crippen molar-refractivity contribution in [3.05, 3.63) is 53.8 Å². The summed E-state index contributed by atoms with van der Waals surface area (Å²) in [6.07, 6.45) is 3.89. The molecule has 9 rings (SSSR count). The summed E-state index contributed by atoms with van der Waals surface area (Å²) >= 11 is 0. The molecule has 0 amide bonds. The van der Waals surface area contributed by atoms with E-state index in [0.717, 1.165) is 56.5 Å². The molecule has 3 aliphatic heterocycles. The summed E-state index contributed by atoms with van der Waals surface area (Å²) in [5.74, 6) is -8.15. The van der Waals surface area contributed by atoms with Gasteiger partial charge in [0.15, 0.2) is 23.2 Å². The molecule has 0 bridgehead atoms. The van der Waals surface area contributed by atoms with Gasteiger partial charge in [0.25, 0.3) is 0 Å². The van der Waals surface area contributed by atoms with Crippen LogP contribution < -0.4 is 20.1 Å². The van der Waals surface area contributed by atoms with E-state index in [-0.39, 0.29) is 71.3 Å². The Labute approximate surface area is 282 Å². The first kappa shape index (κ1) is 27.5. The van der Waals surface area contributed by atoms with Crippen molar-refractivity contribution in [2.75, 3.05) is 57.1 Å². The van der Waals surface area contributed by atoms with Gasteiger partial charge >= 0.3 is 6.01 Å². The Morgan fingerprint density at radius 2 is 1.92 bits per heavy atom. The molecule has 9 nitrogen and oxygen atoms in total. The Morgan fingerprint density at radius 3 is 2.71 bits per heavy atom. The number of halogens is 5. The van der Waals surface area contributed by atoms with Gasteiger partial charge in [-0.3, -0.25) is 9.88 Å². The number of ether oxygens (including phenoxy) is 3. The number of nitrogens with zero attached hydrogens (tertiary/aromatic N) is 5. The molecule has 5 heterocycles. The Balaban J connectivity index is 1.23. The molecule has 5 aliphatic rings. The average molecular weight is 684 g/mol. The van der Waals surface area contributed by atoms with Crippen LogP contribution in [0.3, 0.4) is 0 Å². The summed E-state index contributed by atoms with van der Waals surface area (Å²) < 4.78 is 117. The standard InChI is InChI=1S/C35H33F5N6O3/c1-16-11-35(34(3-4-34)5-6-45(35)13-16)15-49-33-43-29-20(32(44-33)46-7-8-48-14-21-24(37)30(21)46)12-42-28(27(29)40)19-10-17(41)9-18-22(19)31(47-2)26(39)25(38)23(18)36/h9-10,12,21,24,30H,1,3-8,11,13-15,41H2,2H3/t21-,24-,30-,35-/m0/s1/i2D3. The Hall–Kier alpha value is -4.30. The number of fused-ring (bicyclic) bond motifs is 5. The number of anilines is 2. The highest BCUT2D eigenvalue weighted by molar-refractivity contribution is 6.04. The molecule has 4 aromatic rings. The van der Waals surface area contributed by atoms with Gasteiger partial charge in [-0.25, -0.2) is 17.6 Å². The zero-order valence-corrected chi connectivity index (χ0v) is 26.2. The minimum Gasteiger partial charge on any atom is -0.493 e. The zero-order valence-electron chi connectivity index (χ0n) is 29.2. The summed E-state index contributed by atoms with van der Waals surface area (Å²) in [4.78, 5) is 17.6. The monoisotopic (exact) mass is 683 g/mol. The van der Waals surface area contributed by atoms with Crippen LogP contribution in [0.15, 0.2) is 30.5 Å². The molecule has 5 fully saturated rings. The fraction of sp³-hybridized carbons (Fsp3) is 0.457. The lowest BCUT2D eigenvalue weighted by atomic mass is 9.80. The highest BCUT2D eigenvalue weighted by Gasteiger charge is 2.67. The number of methoxy groups -OCH3 is 1. The van der Waals surface area contributed by atoms with Gasteiger partial charge in [-0.1, -0.05) is 12.2 Å². The van der Waals surface area contributed by atoms with E-state index in [1.165, 1.54) is 6.20 Å². The highest BCUT2D eigenvalue weighted by Crippen LogP contribution is 2.66. The Bertz CT molecular complexity index is 2210. The molecule has 0 radical (unpaired) electrons. The van der Waals surface area contributed by atoms with Crippen molar-refractivity contribution in [1.82, 2.24) is 19.9 Å². The van der Waals surface area contributed by atoms with E-state index in [1.807, 2.05) is 0 Å². The maximum Gasteiger partial charge on any atom is 0.319 e. The van der Waals surface area contributed by atoms with Crippen LogP contribution in [0, 0.1) is 34.6 Å². The van der Waals surface area contributed by atoms with E-state index in [0.29, 0.717) is 0 Å². The smallest absolute Gasteiger partial charge is 0.319 e. The van der Waals surface area contributed by atoms with E-state index >= 15 is 17.6 Å². The number of rotatable bonds is 6. The van der Waals surface area contributed by atoms with E-state index in [1.54, 1.807) is 4.90 Å². The van der Waals surface area contributed by atoms with Crippen LogP contribution in [0.5, 0.6) is 11.8 Å². The molecule has 2 aliphatic carbocycles. The fourth-order valence-electron chi connectivity index (χ4n) is 8.71. The van der Waals surface area contributed by atoms with Crippen molar-refractivity contribution in [3.63, 3.8) is 0 Å². The molecule has 3 saturated heterocycles. The SMILES string of the molecule is [2H]C([2H])([2H])Oc1c(F)c(F)c(F)c2cc(N)cc(-c3ncc4c(N5CCOC[C@H]6[C@H](F)[C@H]65)nc(OC[C@]56CC(=C)CN5CCC65CC5)nc4c3F)c12. The molecule has 2 N–H and O–H groups in total. The minimum atomic E-state index is -3.30. The predicted molar refractivity (Wildman–Crippen MR) is 171 cm³/mol. The van der Waals surface area contributed by atoms with Gasteiger partial charge in [-0.05, 0) is 49.8 Å². The van der Waals surface area contributed by atoms with Crippen LogP contribution in [0.2, 0.25) is 0 Å². The Kier molecular flexibility index (Phi) is 5.95. The second-order valence-electron chi connectivity index (χ2n) is 13.9. The number of hydrogen-bond donors (Lipinski definition) is 1. The first-order chi connectivity index (χ1) is 24.7. The lowest BCUT2D eigenvalue weighted by Crippen LogP contribution is -2.49. The number of nitrogen functional groups attached to an aromatic ring is 1. The van der Waals surface area contributed by atoms with Crippen molar-refractivity contribution < 1.29 is 40.3 Å². The van der Waals surface area contributed by atoms with Crippen LogP contribution in [0.1, 0.15) is 29.8 Å². The number of aromatic nitrogens is 3. The molecule has 2 aromatic heterocycles. The van der Waals surface area contributed by atoms with Gasteiger partial charge in [0.05, 0.1) is 41.3 Å². The van der Waals surface area contributed by atoms with Crippen LogP contribution in [-0.4, -0.2) is 84.1 Å². The average Bonchev–Trinajstić information content (AvgIpc) is 3.97. The first-order valence-corrected chi connectivity index (χ1v) is 16.2. The van der Waals surface area contributed by atoms with E-state index in [4.69, 9.17) is 29.0 Å². The van der Waals surface area contributed by atoms with E-state index < -0.39 is 70.7 Å². The van der Waals surface area contributed by atoms with Gasteiger partial charge in [0.2, 0.25) is 5.82 Å². The largest absolute Gasteiger partial charge is 0.493 e. The van der Waals surface area contributed by atoms with E-state index in [2.05, 4.69) is 21.4 Å². The van der Waals surface area contributed by atoms with Crippen LogP contribution >= 0.6 is 0 Å². The third kappa shape index (κ3) is 4.32. The maximum absolute atomic E-state index is 17.1. The number of nitrogens with two attached hydrogens (primary N) is 1. The number of hydrogen-bond acceptors (Lipinski definition) is 9. The van der Waals surface area contributed by atoms with Gasteiger partial charge in [-0.15, -0.1) is 0 Å². The zero-order chi connectivity index (χ0) is 36.5. The molecular formula is C35H33F5N6O3. The summed E-state index contributed by atoms with van der Waals surface area (Å²) in [6, 6.07) is 1.30. The predicted octanol–water partition coefficient (Wildman–Crippen LogP) is 5.73. The van der Waals surface area contributed by atoms with Gasteiger partial charge < -0.3 is 24.8 Å². The number of benzene rings is 2. The van der Waals surface area contributed by atoms with Gasteiger partial charge in [0, 0.05) is 47.2 Å². The van der Waals surface area contributed by atoms with Crippen LogP contribution in [-0.2, 0) is 4.74 Å². The second-order valence-corrected chi connectivity index (χ2v) is 13.9. The van der Waals surface area contributed by atoms with Crippen molar-refractivity contribution in [2.45, 2.75) is 43.4 Å². The lowest BCUT2D eigenvalue weighted by molar-refractivity contribution is 0.0649. The second kappa shape index (κ2) is 10.6. The van der Waals surface area contributed by atoms with Crippen molar-refractivity contribution >= 4 is 33.2 Å². The van der Waals surface area contributed by atoms with Crippen molar-refractivity contribution in [3.8, 4) is 23.0 Å².